The average molecular weight is 284 g/mol. The van der Waals surface area contributed by atoms with E-state index in [-0.39, 0.29) is 5.88 Å². The smallest absolute Gasteiger partial charge is 0.253 e. The third-order valence-corrected chi connectivity index (χ3v) is 2.39. The number of aromatic hydroxyl groups is 1. The Morgan fingerprint density at radius 2 is 1.75 bits per heavy atom. The minimum Gasteiger partial charge on any atom is -0.491 e. The Labute approximate surface area is 103 Å². The molecule has 0 radical (unpaired) electrons. The van der Waals surface area contributed by atoms with Crippen molar-refractivity contribution in [1.29, 1.82) is 0 Å². The van der Waals surface area contributed by atoms with E-state index in [1.54, 1.807) is 6.92 Å². The fraction of sp³-hybridized carbons (Fsp3) is 0.250. The lowest BCUT2D eigenvalue weighted by molar-refractivity contribution is 0.436. The molecule has 1 heterocycles. The zero-order chi connectivity index (χ0) is 12.1. The summed E-state index contributed by atoms with van der Waals surface area (Å²) >= 11 is 3.34. The Morgan fingerprint density at radius 3 is 2.19 bits per heavy atom. The Bertz CT molecular complexity index is 429. The largest absolute Gasteiger partial charge is 0.491 e. The molecular weight excluding hydrogens is 270 g/mol. The second-order valence-corrected chi connectivity index (χ2v) is 3.82. The fourth-order valence-corrected chi connectivity index (χ4v) is 1.37. The van der Waals surface area contributed by atoms with Gasteiger partial charge in [-0.15, -0.1) is 0 Å². The topological polar surface area (TPSA) is 46.3 Å². The fourth-order valence-electron chi connectivity index (χ4n) is 1.10. The molecule has 1 aromatic carbocycles. The van der Waals surface area contributed by atoms with E-state index in [1.807, 2.05) is 38.1 Å². The number of nitrogens with zero attached hydrogens (tertiary/aromatic N) is 1. The van der Waals surface area contributed by atoms with E-state index in [2.05, 4.69) is 20.9 Å². The van der Waals surface area contributed by atoms with E-state index >= 15 is 0 Å². The van der Waals surface area contributed by atoms with Crippen molar-refractivity contribution in [1.82, 2.24) is 4.98 Å². The highest BCUT2D eigenvalue weighted by Crippen LogP contribution is 2.25. The van der Waals surface area contributed by atoms with Crippen LogP contribution in [0, 0.1) is 6.92 Å². The van der Waals surface area contributed by atoms with Gasteiger partial charge in [0.15, 0.2) is 5.76 Å². The first-order chi connectivity index (χ1) is 7.66. The maximum Gasteiger partial charge on any atom is 0.253 e. The van der Waals surface area contributed by atoms with Crippen molar-refractivity contribution >= 4 is 15.9 Å². The van der Waals surface area contributed by atoms with Gasteiger partial charge in [-0.2, -0.15) is 4.98 Å². The van der Waals surface area contributed by atoms with Crippen molar-refractivity contribution in [2.24, 2.45) is 0 Å². The van der Waals surface area contributed by atoms with Crippen LogP contribution < -0.4 is 0 Å². The van der Waals surface area contributed by atoms with Crippen LogP contribution in [-0.2, 0) is 0 Å². The summed E-state index contributed by atoms with van der Waals surface area (Å²) in [5.74, 6) is 0.818. The standard InChI is InChI=1S/C10H8BrNO2.C2H6/c1-6-9(13)12-10(14-6)7-2-4-8(11)5-3-7;1-2/h2-5,13H,1H3;1-2H3. The van der Waals surface area contributed by atoms with Gasteiger partial charge in [-0.05, 0) is 31.2 Å². The van der Waals surface area contributed by atoms with Crippen molar-refractivity contribution in [3.63, 3.8) is 0 Å². The van der Waals surface area contributed by atoms with Crippen LogP contribution in [0.25, 0.3) is 11.5 Å². The average Bonchev–Trinajstić information content (AvgIpc) is 2.63. The number of hydrogen-bond donors (Lipinski definition) is 1. The van der Waals surface area contributed by atoms with E-state index < -0.39 is 0 Å². The lowest BCUT2D eigenvalue weighted by Gasteiger charge is -1.94. The van der Waals surface area contributed by atoms with Crippen LogP contribution in [0.4, 0.5) is 0 Å². The van der Waals surface area contributed by atoms with Gasteiger partial charge in [-0.3, -0.25) is 0 Å². The van der Waals surface area contributed by atoms with Crippen LogP contribution in [0.1, 0.15) is 19.6 Å². The zero-order valence-electron chi connectivity index (χ0n) is 9.49. The van der Waals surface area contributed by atoms with Gasteiger partial charge in [0.1, 0.15) is 0 Å². The van der Waals surface area contributed by atoms with Gasteiger partial charge in [0.25, 0.3) is 5.88 Å². The molecule has 0 saturated carbocycles. The second kappa shape index (κ2) is 5.70. The van der Waals surface area contributed by atoms with Crippen molar-refractivity contribution in [3.8, 4) is 17.3 Å². The maximum atomic E-state index is 9.24. The number of aryl methyl sites for hydroxylation is 1. The van der Waals surface area contributed by atoms with Crippen molar-refractivity contribution < 1.29 is 9.52 Å². The summed E-state index contributed by atoms with van der Waals surface area (Å²) in [5.41, 5.74) is 0.844. The molecule has 0 aliphatic carbocycles. The molecule has 0 atom stereocenters. The molecule has 0 spiro atoms. The quantitative estimate of drug-likeness (QED) is 0.855. The molecule has 0 amide bonds. The Balaban J connectivity index is 0.000000606. The Hall–Kier alpha value is -1.29. The van der Waals surface area contributed by atoms with Crippen LogP contribution in [-0.4, -0.2) is 10.1 Å². The van der Waals surface area contributed by atoms with E-state index in [4.69, 9.17) is 4.42 Å². The summed E-state index contributed by atoms with van der Waals surface area (Å²) in [6.07, 6.45) is 0. The molecule has 0 aliphatic heterocycles. The monoisotopic (exact) mass is 283 g/mol. The SMILES string of the molecule is CC.Cc1oc(-c2ccc(Br)cc2)nc1O. The molecule has 0 unspecified atom stereocenters. The summed E-state index contributed by atoms with van der Waals surface area (Å²) in [4.78, 5) is 3.88. The highest BCUT2D eigenvalue weighted by molar-refractivity contribution is 9.10. The van der Waals surface area contributed by atoms with Gasteiger partial charge in [-0.1, -0.05) is 29.8 Å². The normalized spacial score (nSPS) is 9.50. The zero-order valence-corrected chi connectivity index (χ0v) is 11.1. The lowest BCUT2D eigenvalue weighted by atomic mass is 10.2. The van der Waals surface area contributed by atoms with Crippen molar-refractivity contribution in [2.75, 3.05) is 0 Å². The molecule has 4 heteroatoms. The van der Waals surface area contributed by atoms with Gasteiger partial charge in [0, 0.05) is 10.0 Å². The Kier molecular flexibility index (Phi) is 4.55. The summed E-state index contributed by atoms with van der Waals surface area (Å²) in [6.45, 7) is 5.67. The molecule has 2 aromatic rings. The van der Waals surface area contributed by atoms with E-state index in [1.165, 1.54) is 0 Å². The van der Waals surface area contributed by atoms with Gasteiger partial charge >= 0.3 is 0 Å². The lowest BCUT2D eigenvalue weighted by Crippen LogP contribution is -1.75. The predicted molar refractivity (Wildman–Crippen MR) is 67.4 cm³/mol. The summed E-state index contributed by atoms with van der Waals surface area (Å²) in [5, 5.41) is 9.24. The highest BCUT2D eigenvalue weighted by atomic mass is 79.9. The number of oxazole rings is 1. The van der Waals surface area contributed by atoms with Gasteiger partial charge in [0.05, 0.1) is 0 Å². The molecule has 0 fully saturated rings. The van der Waals surface area contributed by atoms with Crippen LogP contribution in [0.5, 0.6) is 5.88 Å². The van der Waals surface area contributed by atoms with Crippen LogP contribution in [0.2, 0.25) is 0 Å². The van der Waals surface area contributed by atoms with Gasteiger partial charge < -0.3 is 9.52 Å². The first kappa shape index (κ1) is 12.8. The third-order valence-electron chi connectivity index (χ3n) is 1.86. The minimum atomic E-state index is -0.0529. The predicted octanol–water partition coefficient (Wildman–Crippen LogP) is 4.14. The van der Waals surface area contributed by atoms with Crippen molar-refractivity contribution in [2.45, 2.75) is 20.8 Å². The second-order valence-electron chi connectivity index (χ2n) is 2.91. The molecule has 86 valence electrons. The summed E-state index contributed by atoms with van der Waals surface area (Å²) in [6, 6.07) is 7.53. The molecule has 16 heavy (non-hydrogen) atoms. The van der Waals surface area contributed by atoms with Crippen LogP contribution in [0.3, 0.4) is 0 Å². The molecular formula is C12H14BrNO2. The van der Waals surface area contributed by atoms with Gasteiger partial charge in [-0.25, -0.2) is 0 Å². The molecule has 2 rings (SSSR count). The number of benzene rings is 1. The number of hydrogen-bond acceptors (Lipinski definition) is 3. The molecule has 0 bridgehead atoms. The first-order valence-corrected chi connectivity index (χ1v) is 5.88. The third kappa shape index (κ3) is 2.85. The first-order valence-electron chi connectivity index (χ1n) is 5.09. The maximum absolute atomic E-state index is 9.24. The van der Waals surface area contributed by atoms with Crippen LogP contribution in [0.15, 0.2) is 33.2 Å². The Morgan fingerprint density at radius 1 is 1.19 bits per heavy atom. The van der Waals surface area contributed by atoms with E-state index in [0.29, 0.717) is 11.7 Å². The molecule has 1 N–H and O–H groups in total. The van der Waals surface area contributed by atoms with E-state index in [9.17, 15) is 5.11 Å². The minimum absolute atomic E-state index is 0.0529. The molecule has 0 saturated heterocycles. The number of halogens is 1. The van der Waals surface area contributed by atoms with Crippen LogP contribution >= 0.6 is 15.9 Å². The number of aromatic nitrogens is 1. The molecule has 0 aliphatic rings. The van der Waals surface area contributed by atoms with Crippen molar-refractivity contribution in [3.05, 3.63) is 34.5 Å². The summed E-state index contributed by atoms with van der Waals surface area (Å²) < 4.78 is 6.26. The molecule has 1 aromatic heterocycles. The number of rotatable bonds is 1. The van der Waals surface area contributed by atoms with Gasteiger partial charge in [0.2, 0.25) is 5.89 Å². The van der Waals surface area contributed by atoms with E-state index in [0.717, 1.165) is 10.0 Å². The highest BCUT2D eigenvalue weighted by Gasteiger charge is 2.09. The molecule has 3 nitrogen and oxygen atoms in total. The summed E-state index contributed by atoms with van der Waals surface area (Å²) in [7, 11) is 0.